The first-order chi connectivity index (χ1) is 9.98. The summed E-state index contributed by atoms with van der Waals surface area (Å²) in [6.45, 7) is 2.07. The van der Waals surface area contributed by atoms with E-state index in [1.807, 2.05) is 49.4 Å². The van der Waals surface area contributed by atoms with Gasteiger partial charge >= 0.3 is 0 Å². The topological polar surface area (TPSA) is 56.1 Å². The molecule has 1 atom stereocenters. The second-order valence-corrected chi connectivity index (χ2v) is 6.57. The fraction of sp³-hybridized carbons (Fsp3) is 0.500. The zero-order valence-corrected chi connectivity index (χ0v) is 13.5. The summed E-state index contributed by atoms with van der Waals surface area (Å²) in [5, 5.41) is 12.2. The minimum atomic E-state index is -0.722. The second-order valence-electron chi connectivity index (χ2n) is 5.69. The van der Waals surface area contributed by atoms with Gasteiger partial charge in [0.25, 0.3) is 0 Å². The molecule has 0 saturated heterocycles. The molecule has 0 bridgehead atoms. The van der Waals surface area contributed by atoms with Crippen LogP contribution < -0.4 is 10.2 Å². The molecule has 1 aromatic carbocycles. The number of hydrogen-bond donors (Lipinski definition) is 1. The van der Waals surface area contributed by atoms with E-state index in [9.17, 15) is 10.1 Å². The van der Waals surface area contributed by atoms with Crippen molar-refractivity contribution in [1.82, 2.24) is 5.32 Å². The second kappa shape index (κ2) is 6.40. The van der Waals surface area contributed by atoms with Gasteiger partial charge in [-0.05, 0) is 56.2 Å². The van der Waals surface area contributed by atoms with E-state index in [0.717, 1.165) is 18.5 Å². The maximum Gasteiger partial charge on any atom is 0.240 e. The lowest BCUT2D eigenvalue weighted by Gasteiger charge is -2.25. The lowest BCUT2D eigenvalue weighted by molar-refractivity contribution is -0.121. The summed E-state index contributed by atoms with van der Waals surface area (Å²) in [6.07, 6.45) is 4.08. The predicted octanol–water partition coefficient (Wildman–Crippen LogP) is 2.65. The highest BCUT2D eigenvalue weighted by Gasteiger charge is 2.43. The van der Waals surface area contributed by atoms with Crippen molar-refractivity contribution in [2.45, 2.75) is 30.2 Å². The van der Waals surface area contributed by atoms with E-state index in [1.54, 1.807) is 11.8 Å². The molecule has 2 rings (SSSR count). The summed E-state index contributed by atoms with van der Waals surface area (Å²) in [4.78, 5) is 15.2. The number of thioether (sulfide) groups is 1. The highest BCUT2D eigenvalue weighted by molar-refractivity contribution is 7.98. The molecule has 0 spiro atoms. The summed E-state index contributed by atoms with van der Waals surface area (Å²) in [5.74, 6) is 0.194. The van der Waals surface area contributed by atoms with E-state index in [0.29, 0.717) is 5.92 Å². The van der Waals surface area contributed by atoms with Gasteiger partial charge in [0.15, 0.2) is 0 Å². The molecule has 5 heteroatoms. The van der Waals surface area contributed by atoms with Crippen LogP contribution in [0.2, 0.25) is 0 Å². The monoisotopic (exact) mass is 303 g/mol. The van der Waals surface area contributed by atoms with Gasteiger partial charge in [-0.3, -0.25) is 4.79 Å². The Morgan fingerprint density at radius 1 is 1.48 bits per heavy atom. The maximum absolute atomic E-state index is 12.1. The molecule has 4 nitrogen and oxygen atoms in total. The molecule has 21 heavy (non-hydrogen) atoms. The van der Waals surface area contributed by atoms with Crippen molar-refractivity contribution in [2.24, 2.45) is 5.92 Å². The van der Waals surface area contributed by atoms with Crippen LogP contribution in [0.4, 0.5) is 5.69 Å². The Hall–Kier alpha value is -1.67. The lowest BCUT2D eigenvalue weighted by atomic mass is 9.98. The van der Waals surface area contributed by atoms with Gasteiger partial charge < -0.3 is 10.2 Å². The molecular weight excluding hydrogens is 282 g/mol. The van der Waals surface area contributed by atoms with Gasteiger partial charge in [0.05, 0.1) is 12.6 Å². The molecule has 1 amide bonds. The number of anilines is 1. The van der Waals surface area contributed by atoms with Crippen molar-refractivity contribution < 1.29 is 4.79 Å². The van der Waals surface area contributed by atoms with Gasteiger partial charge in [-0.15, -0.1) is 11.8 Å². The Labute approximate surface area is 130 Å². The number of rotatable bonds is 6. The fourth-order valence-corrected chi connectivity index (χ4v) is 2.76. The van der Waals surface area contributed by atoms with Gasteiger partial charge in [0.2, 0.25) is 5.91 Å². The maximum atomic E-state index is 12.1. The Morgan fingerprint density at radius 3 is 2.57 bits per heavy atom. The van der Waals surface area contributed by atoms with Crippen molar-refractivity contribution in [3.8, 4) is 6.07 Å². The van der Waals surface area contributed by atoms with E-state index in [4.69, 9.17) is 0 Å². The Kier molecular flexibility index (Phi) is 4.79. The zero-order chi connectivity index (χ0) is 15.5. The minimum absolute atomic E-state index is 0.109. The van der Waals surface area contributed by atoms with Crippen LogP contribution in [0.1, 0.15) is 19.8 Å². The first-order valence-corrected chi connectivity index (χ1v) is 8.28. The third-order valence-corrected chi connectivity index (χ3v) is 4.66. The van der Waals surface area contributed by atoms with Crippen molar-refractivity contribution in [3.63, 3.8) is 0 Å². The van der Waals surface area contributed by atoms with E-state index >= 15 is 0 Å². The largest absolute Gasteiger partial charge is 0.365 e. The van der Waals surface area contributed by atoms with Crippen LogP contribution in [0, 0.1) is 17.2 Å². The number of hydrogen-bond acceptors (Lipinski definition) is 4. The predicted molar refractivity (Wildman–Crippen MR) is 86.4 cm³/mol. The molecule has 0 unspecified atom stereocenters. The van der Waals surface area contributed by atoms with Crippen LogP contribution in [0.3, 0.4) is 0 Å². The standard InChI is InChI=1S/C16H21N3OS/c1-16(11-17,12-4-5-12)18-15(20)10-19(2)13-6-8-14(21-3)9-7-13/h6-9,12H,4-5,10H2,1-3H3,(H,18,20)/t16-/m1/s1. The molecule has 0 aliphatic heterocycles. The molecule has 1 aliphatic rings. The van der Waals surface area contributed by atoms with Gasteiger partial charge in [-0.1, -0.05) is 0 Å². The van der Waals surface area contributed by atoms with Crippen LogP contribution in [0.25, 0.3) is 0 Å². The van der Waals surface area contributed by atoms with E-state index in [2.05, 4.69) is 11.4 Å². The fourth-order valence-electron chi connectivity index (χ4n) is 2.35. The molecule has 0 radical (unpaired) electrons. The van der Waals surface area contributed by atoms with E-state index in [-0.39, 0.29) is 12.5 Å². The average molecular weight is 303 g/mol. The Morgan fingerprint density at radius 2 is 2.10 bits per heavy atom. The van der Waals surface area contributed by atoms with E-state index in [1.165, 1.54) is 4.90 Å². The van der Waals surface area contributed by atoms with Gasteiger partial charge in [0.1, 0.15) is 5.54 Å². The molecule has 1 N–H and O–H groups in total. The summed E-state index contributed by atoms with van der Waals surface area (Å²) in [7, 11) is 1.88. The molecule has 1 aliphatic carbocycles. The summed E-state index contributed by atoms with van der Waals surface area (Å²) in [5.41, 5.74) is 0.272. The molecule has 112 valence electrons. The highest BCUT2D eigenvalue weighted by atomic mass is 32.2. The SMILES string of the molecule is CSc1ccc(N(C)CC(=O)N[C@](C)(C#N)C2CC2)cc1. The van der Waals surface area contributed by atoms with Crippen molar-refractivity contribution in [3.05, 3.63) is 24.3 Å². The average Bonchev–Trinajstić information content (AvgIpc) is 3.32. The number of carbonyl (C=O) groups excluding carboxylic acids is 1. The first-order valence-electron chi connectivity index (χ1n) is 7.06. The van der Waals surface area contributed by atoms with Gasteiger partial charge in [-0.25, -0.2) is 0 Å². The molecule has 0 heterocycles. The lowest BCUT2D eigenvalue weighted by Crippen LogP contribution is -2.49. The number of benzene rings is 1. The Balaban J connectivity index is 1.93. The minimum Gasteiger partial charge on any atom is -0.365 e. The number of nitrogens with zero attached hydrogens (tertiary/aromatic N) is 2. The van der Waals surface area contributed by atoms with Crippen LogP contribution in [0.15, 0.2) is 29.2 Å². The molecular formula is C16H21N3OS. The molecule has 0 aromatic heterocycles. The van der Waals surface area contributed by atoms with Crippen LogP contribution in [0.5, 0.6) is 0 Å². The van der Waals surface area contributed by atoms with Crippen molar-refractivity contribution in [1.29, 1.82) is 5.26 Å². The third-order valence-electron chi connectivity index (χ3n) is 3.92. The van der Waals surface area contributed by atoms with Gasteiger partial charge in [-0.2, -0.15) is 5.26 Å². The smallest absolute Gasteiger partial charge is 0.240 e. The molecule has 1 fully saturated rings. The number of nitrogens with one attached hydrogen (secondary N) is 1. The van der Waals surface area contributed by atoms with E-state index < -0.39 is 5.54 Å². The summed E-state index contributed by atoms with van der Waals surface area (Å²) < 4.78 is 0. The number of amides is 1. The zero-order valence-electron chi connectivity index (χ0n) is 12.7. The first kappa shape index (κ1) is 15.7. The number of nitriles is 1. The summed E-state index contributed by atoms with van der Waals surface area (Å²) in [6, 6.07) is 10.3. The van der Waals surface area contributed by atoms with Gasteiger partial charge in [0, 0.05) is 17.6 Å². The van der Waals surface area contributed by atoms with Crippen LogP contribution >= 0.6 is 11.8 Å². The number of likely N-dealkylation sites (N-methyl/N-ethyl adjacent to an activating group) is 1. The Bertz CT molecular complexity index is 548. The van der Waals surface area contributed by atoms with Crippen molar-refractivity contribution >= 4 is 23.4 Å². The highest BCUT2D eigenvalue weighted by Crippen LogP contribution is 2.39. The van der Waals surface area contributed by atoms with Crippen LogP contribution in [-0.4, -0.2) is 31.3 Å². The normalized spacial score (nSPS) is 16.7. The third kappa shape index (κ3) is 3.92. The summed E-state index contributed by atoms with van der Waals surface area (Å²) >= 11 is 1.69. The molecule has 1 saturated carbocycles. The van der Waals surface area contributed by atoms with Crippen molar-refractivity contribution in [2.75, 3.05) is 24.7 Å². The number of carbonyl (C=O) groups is 1. The molecule has 1 aromatic rings. The quantitative estimate of drug-likeness (QED) is 0.821. The van der Waals surface area contributed by atoms with Crippen LogP contribution in [-0.2, 0) is 4.79 Å².